The molecule has 152 valence electrons. The number of anilines is 1. The maximum absolute atomic E-state index is 12.8. The standard InChI is InChI=1S/C20H23N5O4/c26-18(6-9-23-20-21-7-3-8-22-20)24-10-12-25(13-11-24)19(27)17-14-28-15-4-1-2-5-16(15)29-17/h1-5,7-8,17H,6,9-14H2,(H,21,22,23)/t17-/m0/s1. The number of rotatable bonds is 5. The van der Waals surface area contributed by atoms with E-state index >= 15 is 0 Å². The van der Waals surface area contributed by atoms with Crippen LogP contribution in [0.5, 0.6) is 11.5 Å². The number of aromatic nitrogens is 2. The molecule has 0 bridgehead atoms. The first kappa shape index (κ1) is 19.0. The fourth-order valence-corrected chi connectivity index (χ4v) is 3.35. The fraction of sp³-hybridized carbons (Fsp3) is 0.400. The van der Waals surface area contributed by atoms with E-state index in [0.29, 0.717) is 56.6 Å². The van der Waals surface area contributed by atoms with Crippen molar-refractivity contribution in [3.05, 3.63) is 42.7 Å². The van der Waals surface area contributed by atoms with Crippen LogP contribution in [0.15, 0.2) is 42.7 Å². The van der Waals surface area contributed by atoms with Crippen molar-refractivity contribution < 1.29 is 19.1 Å². The zero-order chi connectivity index (χ0) is 20.1. The highest BCUT2D eigenvalue weighted by Crippen LogP contribution is 2.31. The van der Waals surface area contributed by atoms with E-state index in [2.05, 4.69) is 15.3 Å². The number of piperazine rings is 1. The first-order valence-corrected chi connectivity index (χ1v) is 9.66. The number of carbonyl (C=O) groups excluding carboxylic acids is 2. The number of carbonyl (C=O) groups is 2. The molecule has 2 aliphatic heterocycles. The number of fused-ring (bicyclic) bond motifs is 1. The summed E-state index contributed by atoms with van der Waals surface area (Å²) < 4.78 is 11.4. The van der Waals surface area contributed by atoms with Gasteiger partial charge in [0, 0.05) is 51.5 Å². The molecule has 0 unspecified atom stereocenters. The smallest absolute Gasteiger partial charge is 0.267 e. The van der Waals surface area contributed by atoms with Gasteiger partial charge in [0.15, 0.2) is 11.5 Å². The van der Waals surface area contributed by atoms with Gasteiger partial charge in [0.2, 0.25) is 18.0 Å². The molecule has 4 rings (SSSR count). The highest BCUT2D eigenvalue weighted by Gasteiger charge is 2.33. The van der Waals surface area contributed by atoms with Crippen LogP contribution >= 0.6 is 0 Å². The number of nitrogens with one attached hydrogen (secondary N) is 1. The first-order valence-electron chi connectivity index (χ1n) is 9.66. The van der Waals surface area contributed by atoms with Crippen LogP contribution in [-0.2, 0) is 9.59 Å². The van der Waals surface area contributed by atoms with Crippen LogP contribution in [0, 0.1) is 0 Å². The molecule has 0 radical (unpaired) electrons. The zero-order valence-corrected chi connectivity index (χ0v) is 16.0. The van der Waals surface area contributed by atoms with Crippen LogP contribution in [0.4, 0.5) is 5.95 Å². The highest BCUT2D eigenvalue weighted by atomic mass is 16.6. The average molecular weight is 397 g/mol. The van der Waals surface area contributed by atoms with Gasteiger partial charge in [-0.15, -0.1) is 0 Å². The topological polar surface area (TPSA) is 96.9 Å². The van der Waals surface area contributed by atoms with Crippen LogP contribution in [0.2, 0.25) is 0 Å². The molecule has 1 saturated heterocycles. The lowest BCUT2D eigenvalue weighted by atomic mass is 10.2. The quantitative estimate of drug-likeness (QED) is 0.797. The van der Waals surface area contributed by atoms with Crippen molar-refractivity contribution >= 4 is 17.8 Å². The summed E-state index contributed by atoms with van der Waals surface area (Å²) in [6.45, 7) is 2.66. The molecule has 29 heavy (non-hydrogen) atoms. The van der Waals surface area contributed by atoms with Crippen LogP contribution in [0.1, 0.15) is 6.42 Å². The molecule has 0 saturated carbocycles. The van der Waals surface area contributed by atoms with Crippen LogP contribution in [-0.4, -0.2) is 77.0 Å². The van der Waals surface area contributed by atoms with E-state index in [0.717, 1.165) is 0 Å². The first-order chi connectivity index (χ1) is 14.2. The second-order valence-electron chi connectivity index (χ2n) is 6.82. The Morgan fingerprint density at radius 1 is 1.00 bits per heavy atom. The van der Waals surface area contributed by atoms with Crippen molar-refractivity contribution in [2.24, 2.45) is 0 Å². The Kier molecular flexibility index (Phi) is 5.73. The summed E-state index contributed by atoms with van der Waals surface area (Å²) in [6.07, 6.45) is 2.99. The van der Waals surface area contributed by atoms with Crippen molar-refractivity contribution in [1.29, 1.82) is 0 Å². The SMILES string of the molecule is O=C(CCNc1ncccn1)N1CCN(C(=O)[C@@H]2COc3ccccc3O2)CC1. The van der Waals surface area contributed by atoms with Crippen molar-refractivity contribution in [2.75, 3.05) is 44.6 Å². The lowest BCUT2D eigenvalue weighted by molar-refractivity contribution is -0.146. The van der Waals surface area contributed by atoms with E-state index in [-0.39, 0.29) is 18.4 Å². The predicted molar refractivity (Wildman–Crippen MR) is 105 cm³/mol. The summed E-state index contributed by atoms with van der Waals surface area (Å²) in [7, 11) is 0. The molecule has 1 aromatic carbocycles. The van der Waals surface area contributed by atoms with Crippen molar-refractivity contribution in [2.45, 2.75) is 12.5 Å². The maximum atomic E-state index is 12.8. The Hall–Kier alpha value is -3.36. The third-order valence-corrected chi connectivity index (χ3v) is 4.92. The molecule has 1 atom stereocenters. The fourth-order valence-electron chi connectivity index (χ4n) is 3.35. The summed E-state index contributed by atoms with van der Waals surface area (Å²) in [5.74, 6) is 1.69. The maximum Gasteiger partial charge on any atom is 0.267 e. The van der Waals surface area contributed by atoms with Gasteiger partial charge in [-0.05, 0) is 18.2 Å². The Labute approximate surface area is 168 Å². The predicted octanol–water partition coefficient (Wildman–Crippen LogP) is 0.789. The lowest BCUT2D eigenvalue weighted by Gasteiger charge is -2.37. The monoisotopic (exact) mass is 397 g/mol. The van der Waals surface area contributed by atoms with Gasteiger partial charge in [-0.3, -0.25) is 9.59 Å². The number of benzene rings is 1. The van der Waals surface area contributed by atoms with Gasteiger partial charge in [-0.25, -0.2) is 9.97 Å². The van der Waals surface area contributed by atoms with Gasteiger partial charge >= 0.3 is 0 Å². The minimum Gasteiger partial charge on any atom is -0.485 e. The van der Waals surface area contributed by atoms with Crippen molar-refractivity contribution in [3.63, 3.8) is 0 Å². The second kappa shape index (κ2) is 8.76. The summed E-state index contributed by atoms with van der Waals surface area (Å²) in [5.41, 5.74) is 0. The molecular weight excluding hydrogens is 374 g/mol. The Morgan fingerprint density at radius 3 is 2.45 bits per heavy atom. The van der Waals surface area contributed by atoms with E-state index in [1.165, 1.54) is 0 Å². The van der Waals surface area contributed by atoms with E-state index in [4.69, 9.17) is 9.47 Å². The molecule has 1 aromatic heterocycles. The van der Waals surface area contributed by atoms with E-state index in [9.17, 15) is 9.59 Å². The van der Waals surface area contributed by atoms with E-state index < -0.39 is 6.10 Å². The third kappa shape index (κ3) is 4.56. The average Bonchev–Trinajstić information content (AvgIpc) is 2.79. The molecule has 9 nitrogen and oxygen atoms in total. The van der Waals surface area contributed by atoms with Gasteiger partial charge < -0.3 is 24.6 Å². The summed E-state index contributed by atoms with van der Waals surface area (Å²) in [4.78, 5) is 36.8. The van der Waals surface area contributed by atoms with Gasteiger partial charge in [0.05, 0.1) is 0 Å². The van der Waals surface area contributed by atoms with Gasteiger partial charge in [0.1, 0.15) is 6.61 Å². The van der Waals surface area contributed by atoms with E-state index in [1.54, 1.807) is 34.3 Å². The van der Waals surface area contributed by atoms with Crippen molar-refractivity contribution in [3.8, 4) is 11.5 Å². The van der Waals surface area contributed by atoms with Gasteiger partial charge in [-0.2, -0.15) is 0 Å². The number of ether oxygens (including phenoxy) is 2. The number of hydrogen-bond donors (Lipinski definition) is 1. The highest BCUT2D eigenvalue weighted by molar-refractivity contribution is 5.82. The van der Waals surface area contributed by atoms with Gasteiger partial charge in [0.25, 0.3) is 5.91 Å². The summed E-state index contributed by atoms with van der Waals surface area (Å²) in [5, 5.41) is 3.03. The van der Waals surface area contributed by atoms with Crippen LogP contribution in [0.3, 0.4) is 0 Å². The van der Waals surface area contributed by atoms with Crippen LogP contribution < -0.4 is 14.8 Å². The molecule has 0 spiro atoms. The molecule has 9 heteroatoms. The molecule has 3 heterocycles. The minimum absolute atomic E-state index is 0.0479. The molecule has 2 aromatic rings. The lowest BCUT2D eigenvalue weighted by Crippen LogP contribution is -2.55. The third-order valence-electron chi connectivity index (χ3n) is 4.92. The van der Waals surface area contributed by atoms with Crippen LogP contribution in [0.25, 0.3) is 0 Å². The Balaban J connectivity index is 1.22. The minimum atomic E-state index is -0.651. The number of nitrogens with zero attached hydrogens (tertiary/aromatic N) is 4. The zero-order valence-electron chi connectivity index (χ0n) is 16.0. The number of para-hydroxylation sites is 2. The van der Waals surface area contributed by atoms with Crippen molar-refractivity contribution in [1.82, 2.24) is 19.8 Å². The second-order valence-corrected chi connectivity index (χ2v) is 6.82. The molecule has 1 fully saturated rings. The Bertz CT molecular complexity index is 855. The molecule has 0 aliphatic carbocycles. The molecule has 1 N–H and O–H groups in total. The largest absolute Gasteiger partial charge is 0.485 e. The molecule has 2 aliphatic rings. The molecular formula is C20H23N5O4. The molecule has 2 amide bonds. The normalized spacial score (nSPS) is 18.3. The van der Waals surface area contributed by atoms with E-state index in [1.807, 2.05) is 18.2 Å². The van der Waals surface area contributed by atoms with Gasteiger partial charge in [-0.1, -0.05) is 12.1 Å². The summed E-state index contributed by atoms with van der Waals surface area (Å²) >= 11 is 0. The number of hydrogen-bond acceptors (Lipinski definition) is 7. The number of amides is 2. The Morgan fingerprint density at radius 2 is 1.69 bits per heavy atom. The summed E-state index contributed by atoms with van der Waals surface area (Å²) in [6, 6.07) is 9.06.